The van der Waals surface area contributed by atoms with Crippen molar-refractivity contribution in [3.8, 4) is 0 Å². The van der Waals surface area contributed by atoms with Crippen molar-refractivity contribution in [2.75, 3.05) is 39.8 Å². The quantitative estimate of drug-likeness (QED) is 0.307. The van der Waals surface area contributed by atoms with Gasteiger partial charge in [0.25, 0.3) is 5.91 Å². The molecule has 0 bridgehead atoms. The standard InChI is InChI=1S/C12H20N2O3/c1-4-10(12(16)17-5-2)11(15)14-8-6-13(3)7-9-14/h4H,5-9H2,1-3H3/b10-4+. The largest absolute Gasteiger partial charge is 0.462 e. The highest BCUT2D eigenvalue weighted by atomic mass is 16.5. The summed E-state index contributed by atoms with van der Waals surface area (Å²) in [5, 5.41) is 0. The zero-order valence-electron chi connectivity index (χ0n) is 10.7. The molecule has 0 aromatic heterocycles. The lowest BCUT2D eigenvalue weighted by Crippen LogP contribution is -2.48. The lowest BCUT2D eigenvalue weighted by molar-refractivity contribution is -0.142. The minimum Gasteiger partial charge on any atom is -0.462 e. The molecule has 0 spiro atoms. The molecule has 1 heterocycles. The van der Waals surface area contributed by atoms with Gasteiger partial charge in [0.15, 0.2) is 0 Å². The van der Waals surface area contributed by atoms with Crippen LogP contribution >= 0.6 is 0 Å². The predicted octanol–water partition coefficient (Wildman–Crippen LogP) is 0.270. The molecule has 0 atom stereocenters. The van der Waals surface area contributed by atoms with Crippen molar-refractivity contribution in [1.29, 1.82) is 0 Å². The average Bonchev–Trinajstić information content (AvgIpc) is 2.31. The molecule has 5 heteroatoms. The summed E-state index contributed by atoms with van der Waals surface area (Å²) in [5.74, 6) is -0.752. The van der Waals surface area contributed by atoms with E-state index in [4.69, 9.17) is 4.74 Å². The molecule has 0 N–H and O–H groups in total. The summed E-state index contributed by atoms with van der Waals surface area (Å²) in [5.41, 5.74) is 0.136. The Morgan fingerprint density at radius 2 is 1.82 bits per heavy atom. The van der Waals surface area contributed by atoms with E-state index >= 15 is 0 Å². The van der Waals surface area contributed by atoms with E-state index < -0.39 is 5.97 Å². The average molecular weight is 240 g/mol. The number of esters is 1. The maximum Gasteiger partial charge on any atom is 0.343 e. The normalized spacial score (nSPS) is 18.1. The van der Waals surface area contributed by atoms with Gasteiger partial charge in [-0.3, -0.25) is 4.79 Å². The van der Waals surface area contributed by atoms with Crippen molar-refractivity contribution in [2.45, 2.75) is 13.8 Å². The molecule has 0 saturated carbocycles. The van der Waals surface area contributed by atoms with Crippen molar-refractivity contribution in [2.24, 2.45) is 0 Å². The Morgan fingerprint density at radius 3 is 2.29 bits per heavy atom. The second-order valence-electron chi connectivity index (χ2n) is 4.02. The minimum absolute atomic E-state index is 0.136. The van der Waals surface area contributed by atoms with Crippen LogP contribution in [0.2, 0.25) is 0 Å². The number of hydrogen-bond donors (Lipinski definition) is 0. The summed E-state index contributed by atoms with van der Waals surface area (Å²) in [7, 11) is 2.02. The fraction of sp³-hybridized carbons (Fsp3) is 0.667. The molecule has 1 amide bonds. The molecule has 0 aromatic rings. The molecule has 0 aliphatic carbocycles. The molecular formula is C12H20N2O3. The van der Waals surface area contributed by atoms with Crippen molar-refractivity contribution < 1.29 is 14.3 Å². The summed E-state index contributed by atoms with van der Waals surface area (Å²) >= 11 is 0. The van der Waals surface area contributed by atoms with Crippen molar-refractivity contribution in [3.05, 3.63) is 11.6 Å². The Labute approximate surface area is 102 Å². The van der Waals surface area contributed by atoms with E-state index in [9.17, 15) is 9.59 Å². The van der Waals surface area contributed by atoms with Crippen LogP contribution in [0, 0.1) is 0 Å². The second kappa shape index (κ2) is 6.39. The number of allylic oxidation sites excluding steroid dienone is 1. The zero-order chi connectivity index (χ0) is 12.8. The van der Waals surface area contributed by atoms with Gasteiger partial charge in [-0.05, 0) is 20.9 Å². The number of carbonyl (C=O) groups is 2. The van der Waals surface area contributed by atoms with E-state index in [1.54, 1.807) is 18.7 Å². The highest BCUT2D eigenvalue weighted by Crippen LogP contribution is 2.08. The molecule has 0 unspecified atom stereocenters. The van der Waals surface area contributed by atoms with Crippen LogP contribution in [0.15, 0.2) is 11.6 Å². The van der Waals surface area contributed by atoms with Crippen LogP contribution in [-0.2, 0) is 14.3 Å². The number of ether oxygens (including phenoxy) is 1. The van der Waals surface area contributed by atoms with Crippen LogP contribution in [0.4, 0.5) is 0 Å². The molecule has 0 radical (unpaired) electrons. The van der Waals surface area contributed by atoms with E-state index in [2.05, 4.69) is 4.90 Å². The van der Waals surface area contributed by atoms with Crippen LogP contribution in [0.1, 0.15) is 13.8 Å². The number of amides is 1. The van der Waals surface area contributed by atoms with Crippen LogP contribution in [-0.4, -0.2) is 61.5 Å². The molecule has 1 fully saturated rings. The molecule has 17 heavy (non-hydrogen) atoms. The van der Waals surface area contributed by atoms with Gasteiger partial charge in [0.1, 0.15) is 5.57 Å². The number of likely N-dealkylation sites (N-methyl/N-ethyl adjacent to an activating group) is 1. The molecule has 5 nitrogen and oxygen atoms in total. The van der Waals surface area contributed by atoms with Gasteiger partial charge in [-0.15, -0.1) is 0 Å². The summed E-state index contributed by atoms with van der Waals surface area (Å²) < 4.78 is 4.86. The Morgan fingerprint density at radius 1 is 1.24 bits per heavy atom. The summed E-state index contributed by atoms with van der Waals surface area (Å²) in [6, 6.07) is 0. The maximum atomic E-state index is 12.1. The van der Waals surface area contributed by atoms with Crippen molar-refractivity contribution in [1.82, 2.24) is 9.80 Å². The van der Waals surface area contributed by atoms with Gasteiger partial charge in [0, 0.05) is 26.2 Å². The van der Waals surface area contributed by atoms with Crippen LogP contribution in [0.3, 0.4) is 0 Å². The lowest BCUT2D eigenvalue weighted by Gasteiger charge is -2.32. The van der Waals surface area contributed by atoms with E-state index in [1.807, 2.05) is 7.05 Å². The summed E-state index contributed by atoms with van der Waals surface area (Å²) in [6.07, 6.45) is 1.53. The van der Waals surface area contributed by atoms with Crippen LogP contribution in [0.25, 0.3) is 0 Å². The van der Waals surface area contributed by atoms with Crippen molar-refractivity contribution in [3.63, 3.8) is 0 Å². The Kier molecular flexibility index (Phi) is 5.15. The molecular weight excluding hydrogens is 220 g/mol. The maximum absolute atomic E-state index is 12.1. The van der Waals surface area contributed by atoms with Gasteiger partial charge in [0.2, 0.25) is 0 Å². The molecule has 1 aliphatic rings. The smallest absolute Gasteiger partial charge is 0.343 e. The first-order valence-electron chi connectivity index (χ1n) is 5.91. The summed E-state index contributed by atoms with van der Waals surface area (Å²) in [4.78, 5) is 27.5. The monoisotopic (exact) mass is 240 g/mol. The minimum atomic E-state index is -0.529. The highest BCUT2D eigenvalue weighted by molar-refractivity contribution is 6.16. The third-order valence-corrected chi connectivity index (χ3v) is 2.80. The van der Waals surface area contributed by atoms with Crippen LogP contribution < -0.4 is 0 Å². The zero-order valence-corrected chi connectivity index (χ0v) is 10.7. The van der Waals surface area contributed by atoms with Crippen LogP contribution in [0.5, 0.6) is 0 Å². The fourth-order valence-corrected chi connectivity index (χ4v) is 1.72. The van der Waals surface area contributed by atoms with Gasteiger partial charge < -0.3 is 14.5 Å². The topological polar surface area (TPSA) is 49.9 Å². The van der Waals surface area contributed by atoms with Crippen molar-refractivity contribution >= 4 is 11.9 Å². The number of nitrogens with zero attached hydrogens (tertiary/aromatic N) is 2. The Hall–Kier alpha value is -1.36. The second-order valence-corrected chi connectivity index (χ2v) is 4.02. The van der Waals surface area contributed by atoms with Gasteiger partial charge >= 0.3 is 5.97 Å². The fourth-order valence-electron chi connectivity index (χ4n) is 1.72. The molecule has 1 rings (SSSR count). The van der Waals surface area contributed by atoms with E-state index in [1.165, 1.54) is 6.08 Å². The third kappa shape index (κ3) is 3.56. The Bertz CT molecular complexity index is 318. The SMILES string of the molecule is C/C=C(/C(=O)OCC)C(=O)N1CCN(C)CC1. The molecule has 1 saturated heterocycles. The van der Waals surface area contributed by atoms with E-state index in [0.717, 1.165) is 13.1 Å². The third-order valence-electron chi connectivity index (χ3n) is 2.80. The first-order chi connectivity index (χ1) is 8.10. The number of hydrogen-bond acceptors (Lipinski definition) is 4. The lowest BCUT2D eigenvalue weighted by atomic mass is 10.2. The Balaban J connectivity index is 2.64. The first kappa shape index (κ1) is 13.7. The van der Waals surface area contributed by atoms with Gasteiger partial charge in [0.05, 0.1) is 6.61 Å². The van der Waals surface area contributed by atoms with E-state index in [-0.39, 0.29) is 18.1 Å². The predicted molar refractivity (Wildman–Crippen MR) is 64.5 cm³/mol. The number of rotatable bonds is 3. The number of piperazine rings is 1. The summed E-state index contributed by atoms with van der Waals surface area (Å²) in [6.45, 7) is 6.69. The number of carbonyl (C=O) groups excluding carboxylic acids is 2. The molecule has 1 aliphatic heterocycles. The van der Waals surface area contributed by atoms with Gasteiger partial charge in [-0.25, -0.2) is 4.79 Å². The van der Waals surface area contributed by atoms with E-state index in [0.29, 0.717) is 13.1 Å². The first-order valence-corrected chi connectivity index (χ1v) is 5.91. The van der Waals surface area contributed by atoms with Gasteiger partial charge in [-0.1, -0.05) is 6.08 Å². The molecule has 96 valence electrons. The molecule has 0 aromatic carbocycles. The highest BCUT2D eigenvalue weighted by Gasteiger charge is 2.26. The van der Waals surface area contributed by atoms with Gasteiger partial charge in [-0.2, -0.15) is 0 Å².